The molecule has 1 unspecified atom stereocenters. The van der Waals surface area contributed by atoms with Crippen LogP contribution in [0.15, 0.2) is 23.3 Å². The summed E-state index contributed by atoms with van der Waals surface area (Å²) in [7, 11) is 1.73. The second-order valence-corrected chi connectivity index (χ2v) is 10.8. The molecule has 1 fully saturated rings. The zero-order valence-corrected chi connectivity index (χ0v) is 22.6. The Morgan fingerprint density at radius 1 is 1.21 bits per heavy atom. The Kier molecular flexibility index (Phi) is 7.80. The summed E-state index contributed by atoms with van der Waals surface area (Å²) in [4.78, 5) is 14.1. The minimum Gasteiger partial charge on any atom is -0.390 e. The summed E-state index contributed by atoms with van der Waals surface area (Å²) < 4.78 is 42.2. The number of pyridine rings is 1. The molecule has 3 aromatic heterocycles. The molecule has 0 bridgehead atoms. The van der Waals surface area contributed by atoms with Crippen LogP contribution in [0.3, 0.4) is 0 Å². The van der Waals surface area contributed by atoms with Crippen molar-refractivity contribution in [3.63, 3.8) is 0 Å². The molecule has 1 atom stereocenters. The quantitative estimate of drug-likeness (QED) is 0.299. The molecule has 3 aromatic rings. The number of alkyl halides is 2. The Balaban J connectivity index is 1.41. The van der Waals surface area contributed by atoms with Crippen LogP contribution in [0.25, 0.3) is 16.8 Å². The topological polar surface area (TPSA) is 99.7 Å². The SMILES string of the molecule is CCC1(O)CCC(Nc2nc(NC)c3c(-c4ccc5c(n4)CC(CCCC(F)F)C(C)=N5)c(F)cn3n2)CC1. The monoisotopic (exact) mass is 543 g/mol. The van der Waals surface area contributed by atoms with E-state index in [1.807, 2.05) is 19.9 Å². The zero-order valence-electron chi connectivity index (χ0n) is 22.6. The summed E-state index contributed by atoms with van der Waals surface area (Å²) in [5, 5.41) is 21.5. The Morgan fingerprint density at radius 2 is 1.97 bits per heavy atom. The number of aromatic nitrogens is 4. The van der Waals surface area contributed by atoms with E-state index in [9.17, 15) is 13.9 Å². The molecule has 0 amide bonds. The molecule has 2 aliphatic rings. The van der Waals surface area contributed by atoms with Crippen molar-refractivity contribution in [1.29, 1.82) is 0 Å². The predicted molar refractivity (Wildman–Crippen MR) is 147 cm³/mol. The van der Waals surface area contributed by atoms with Crippen LogP contribution in [0.2, 0.25) is 0 Å². The van der Waals surface area contributed by atoms with Gasteiger partial charge >= 0.3 is 0 Å². The molecule has 0 spiro atoms. The first-order valence-corrected chi connectivity index (χ1v) is 13.8. The van der Waals surface area contributed by atoms with Gasteiger partial charge in [-0.1, -0.05) is 6.92 Å². The van der Waals surface area contributed by atoms with E-state index in [0.717, 1.165) is 36.4 Å². The van der Waals surface area contributed by atoms with E-state index in [0.29, 0.717) is 60.6 Å². The second kappa shape index (κ2) is 11.1. The second-order valence-electron chi connectivity index (χ2n) is 10.8. The van der Waals surface area contributed by atoms with Crippen molar-refractivity contribution < 1.29 is 18.3 Å². The van der Waals surface area contributed by atoms with Crippen LogP contribution in [-0.2, 0) is 6.42 Å². The number of aliphatic hydroxyl groups is 1. The minimum absolute atomic E-state index is 0.0348. The minimum atomic E-state index is -2.31. The molecule has 1 saturated carbocycles. The van der Waals surface area contributed by atoms with Gasteiger partial charge in [0.1, 0.15) is 5.52 Å². The maximum Gasteiger partial charge on any atom is 0.243 e. The zero-order chi connectivity index (χ0) is 27.7. The summed E-state index contributed by atoms with van der Waals surface area (Å²) in [5.74, 6) is 0.411. The molecule has 0 aromatic carbocycles. The molecule has 5 rings (SSSR count). The van der Waals surface area contributed by atoms with Crippen molar-refractivity contribution in [2.45, 2.75) is 89.7 Å². The standard InChI is InChI=1S/C28H36F3N7O/c1-4-28(39)12-10-18(11-13-28)34-27-36-26(32-3)25-24(19(29)15-38(25)37-27)21-9-8-20-22(35-21)14-17(16(2)33-20)6-5-7-23(30)31/h8-9,15,17-18,23,39H,4-7,10-14H2,1-3H3,(H2,32,34,36,37). The normalized spacial score (nSPS) is 23.1. The Bertz CT molecular complexity index is 1360. The van der Waals surface area contributed by atoms with Gasteiger partial charge in [-0.25, -0.2) is 17.7 Å². The van der Waals surface area contributed by atoms with Gasteiger partial charge in [0.05, 0.1) is 34.4 Å². The molecule has 0 radical (unpaired) electrons. The van der Waals surface area contributed by atoms with Crippen LogP contribution in [0.1, 0.15) is 70.9 Å². The lowest BCUT2D eigenvalue weighted by molar-refractivity contribution is -0.00198. The lowest BCUT2D eigenvalue weighted by Crippen LogP contribution is -2.38. The van der Waals surface area contributed by atoms with Gasteiger partial charge in [-0.15, -0.1) is 5.10 Å². The van der Waals surface area contributed by atoms with E-state index >= 15 is 4.39 Å². The molecule has 11 heteroatoms. The molecule has 8 nitrogen and oxygen atoms in total. The molecular formula is C28H36F3N7O. The van der Waals surface area contributed by atoms with Gasteiger partial charge in [-0.3, -0.25) is 9.98 Å². The third-order valence-electron chi connectivity index (χ3n) is 8.24. The van der Waals surface area contributed by atoms with Crippen LogP contribution in [0, 0.1) is 11.7 Å². The third-order valence-corrected chi connectivity index (χ3v) is 8.24. The Morgan fingerprint density at radius 3 is 2.67 bits per heavy atom. The van der Waals surface area contributed by atoms with Gasteiger partial charge in [0.2, 0.25) is 12.4 Å². The summed E-state index contributed by atoms with van der Waals surface area (Å²) >= 11 is 0. The molecule has 0 saturated heterocycles. The van der Waals surface area contributed by atoms with E-state index in [1.54, 1.807) is 13.1 Å². The number of halogens is 3. The maximum atomic E-state index is 15.4. The number of hydrogen-bond acceptors (Lipinski definition) is 7. The molecule has 1 aliphatic carbocycles. The van der Waals surface area contributed by atoms with Gasteiger partial charge in [0, 0.05) is 31.1 Å². The predicted octanol–water partition coefficient (Wildman–Crippen LogP) is 6.17. The van der Waals surface area contributed by atoms with Gasteiger partial charge in [0.15, 0.2) is 11.6 Å². The van der Waals surface area contributed by atoms with Crippen molar-refractivity contribution in [2.75, 3.05) is 17.7 Å². The lowest BCUT2D eigenvalue weighted by atomic mass is 9.80. The van der Waals surface area contributed by atoms with Gasteiger partial charge in [-0.2, -0.15) is 4.98 Å². The van der Waals surface area contributed by atoms with E-state index in [2.05, 4.69) is 25.7 Å². The summed E-state index contributed by atoms with van der Waals surface area (Å²) in [5.41, 5.74) is 2.98. The first-order chi connectivity index (χ1) is 18.7. The smallest absolute Gasteiger partial charge is 0.243 e. The number of anilines is 2. The van der Waals surface area contributed by atoms with Crippen LogP contribution in [-0.4, -0.2) is 55.5 Å². The summed E-state index contributed by atoms with van der Waals surface area (Å²) in [6.45, 7) is 3.92. The molecule has 3 N–H and O–H groups in total. The summed E-state index contributed by atoms with van der Waals surface area (Å²) in [6.07, 6.45) is 4.26. The van der Waals surface area contributed by atoms with Crippen LogP contribution in [0.4, 0.5) is 30.6 Å². The van der Waals surface area contributed by atoms with Gasteiger partial charge in [0.25, 0.3) is 0 Å². The average Bonchev–Trinajstić information content (AvgIpc) is 3.25. The fourth-order valence-electron chi connectivity index (χ4n) is 5.75. The highest BCUT2D eigenvalue weighted by molar-refractivity contribution is 5.91. The maximum absolute atomic E-state index is 15.4. The van der Waals surface area contributed by atoms with E-state index in [4.69, 9.17) is 4.98 Å². The van der Waals surface area contributed by atoms with Crippen molar-refractivity contribution >= 4 is 28.7 Å². The van der Waals surface area contributed by atoms with Gasteiger partial charge < -0.3 is 15.7 Å². The van der Waals surface area contributed by atoms with Crippen molar-refractivity contribution in [3.8, 4) is 11.3 Å². The Labute approximate surface area is 226 Å². The average molecular weight is 544 g/mol. The fraction of sp³-hybridized carbons (Fsp3) is 0.571. The highest BCUT2D eigenvalue weighted by Gasteiger charge is 2.32. The highest BCUT2D eigenvalue weighted by Crippen LogP contribution is 2.37. The molecule has 39 heavy (non-hydrogen) atoms. The van der Waals surface area contributed by atoms with Crippen LogP contribution >= 0.6 is 0 Å². The first-order valence-electron chi connectivity index (χ1n) is 13.8. The van der Waals surface area contributed by atoms with Crippen molar-refractivity contribution in [1.82, 2.24) is 19.6 Å². The largest absolute Gasteiger partial charge is 0.390 e. The molecule has 1 aliphatic heterocycles. The molecule has 210 valence electrons. The molecular weight excluding hydrogens is 507 g/mol. The number of nitrogens with zero attached hydrogens (tertiary/aromatic N) is 5. The number of fused-ring (bicyclic) bond motifs is 2. The number of nitrogens with one attached hydrogen (secondary N) is 2. The van der Waals surface area contributed by atoms with Gasteiger partial charge in [-0.05, 0) is 70.4 Å². The van der Waals surface area contributed by atoms with Crippen LogP contribution in [0.5, 0.6) is 0 Å². The summed E-state index contributed by atoms with van der Waals surface area (Å²) in [6, 6.07) is 3.70. The number of aliphatic imine (C=N–C) groups is 1. The lowest BCUT2D eigenvalue weighted by Gasteiger charge is -2.35. The third kappa shape index (κ3) is 5.73. The van der Waals surface area contributed by atoms with Crippen molar-refractivity contribution in [3.05, 3.63) is 29.8 Å². The van der Waals surface area contributed by atoms with E-state index in [1.165, 1.54) is 10.7 Å². The number of rotatable bonds is 9. The molecule has 4 heterocycles. The Hall–Kier alpha value is -3.21. The van der Waals surface area contributed by atoms with Crippen LogP contribution < -0.4 is 10.6 Å². The highest BCUT2D eigenvalue weighted by atomic mass is 19.3. The van der Waals surface area contributed by atoms with Crippen molar-refractivity contribution in [2.24, 2.45) is 10.9 Å². The number of hydrogen-bond donors (Lipinski definition) is 3. The fourth-order valence-corrected chi connectivity index (χ4v) is 5.75. The van der Waals surface area contributed by atoms with E-state index in [-0.39, 0.29) is 18.4 Å². The van der Waals surface area contributed by atoms with E-state index < -0.39 is 17.8 Å². The first kappa shape index (κ1) is 27.4.